The van der Waals surface area contributed by atoms with Crippen molar-refractivity contribution in [1.29, 1.82) is 0 Å². The number of hydrogen-bond donors (Lipinski definition) is 1. The van der Waals surface area contributed by atoms with Crippen LogP contribution in [0.25, 0.3) is 0 Å². The Balaban J connectivity index is 2.90. The number of rotatable bonds is 9. The van der Waals surface area contributed by atoms with Gasteiger partial charge in [-0.2, -0.15) is 0 Å². The van der Waals surface area contributed by atoms with Gasteiger partial charge in [0.15, 0.2) is 9.84 Å². The maximum Gasteiger partial charge on any atom is 0.152 e. The normalized spacial score (nSPS) is 13.1. The number of benzene rings is 1. The summed E-state index contributed by atoms with van der Waals surface area (Å²) in [6, 6.07) is 5.49. The first-order valence-corrected chi connectivity index (χ1v) is 8.76. The van der Waals surface area contributed by atoms with E-state index in [4.69, 9.17) is 9.47 Å². The summed E-state index contributed by atoms with van der Waals surface area (Å²) in [5.41, 5.74) is 1.94. The lowest BCUT2D eigenvalue weighted by Crippen LogP contribution is -2.27. The van der Waals surface area contributed by atoms with E-state index in [0.717, 1.165) is 11.1 Å². The molecule has 0 amide bonds. The molecule has 0 aromatic heterocycles. The Kier molecular flexibility index (Phi) is 7.14. The molecule has 1 aromatic carbocycles. The summed E-state index contributed by atoms with van der Waals surface area (Å²) in [4.78, 5) is 0. The summed E-state index contributed by atoms with van der Waals surface area (Å²) in [5, 5.41) is 3.08. The van der Waals surface area contributed by atoms with Crippen molar-refractivity contribution in [3.05, 3.63) is 29.3 Å². The molecular formula is C15H25NO4S. The summed E-state index contributed by atoms with van der Waals surface area (Å²) in [5.74, 6) is 0.882. The van der Waals surface area contributed by atoms with Gasteiger partial charge in [0.2, 0.25) is 0 Å². The van der Waals surface area contributed by atoms with E-state index in [9.17, 15) is 8.42 Å². The monoisotopic (exact) mass is 315 g/mol. The fourth-order valence-electron chi connectivity index (χ4n) is 2.22. The molecule has 1 aromatic rings. The van der Waals surface area contributed by atoms with Gasteiger partial charge in [0.05, 0.1) is 18.6 Å². The van der Waals surface area contributed by atoms with Crippen molar-refractivity contribution in [3.8, 4) is 5.75 Å². The molecule has 1 unspecified atom stereocenters. The van der Waals surface area contributed by atoms with E-state index in [1.165, 1.54) is 0 Å². The van der Waals surface area contributed by atoms with Crippen LogP contribution in [0, 0.1) is 6.92 Å². The first-order chi connectivity index (χ1) is 9.93. The Hall–Kier alpha value is -1.11. The average molecular weight is 315 g/mol. The second kappa shape index (κ2) is 8.36. The Morgan fingerprint density at radius 2 is 2.00 bits per heavy atom. The number of hydrogen-bond acceptors (Lipinski definition) is 5. The maximum atomic E-state index is 12.2. The Morgan fingerprint density at radius 3 is 2.57 bits per heavy atom. The number of ether oxygens (including phenoxy) is 2. The van der Waals surface area contributed by atoms with Crippen molar-refractivity contribution in [2.45, 2.75) is 19.4 Å². The van der Waals surface area contributed by atoms with E-state index in [1.54, 1.807) is 21.3 Å². The summed E-state index contributed by atoms with van der Waals surface area (Å²) >= 11 is 0. The minimum Gasteiger partial charge on any atom is -0.496 e. The van der Waals surface area contributed by atoms with Crippen LogP contribution in [0.4, 0.5) is 0 Å². The smallest absolute Gasteiger partial charge is 0.152 e. The largest absolute Gasteiger partial charge is 0.496 e. The molecule has 120 valence electrons. The molecule has 0 radical (unpaired) electrons. The van der Waals surface area contributed by atoms with Gasteiger partial charge in [0, 0.05) is 25.3 Å². The molecule has 0 saturated carbocycles. The van der Waals surface area contributed by atoms with Crippen LogP contribution in [-0.2, 0) is 14.6 Å². The van der Waals surface area contributed by atoms with Gasteiger partial charge >= 0.3 is 0 Å². The lowest BCUT2D eigenvalue weighted by Gasteiger charge is -2.20. The van der Waals surface area contributed by atoms with Crippen LogP contribution in [0.3, 0.4) is 0 Å². The highest BCUT2D eigenvalue weighted by atomic mass is 32.2. The third kappa shape index (κ3) is 5.65. The summed E-state index contributed by atoms with van der Waals surface area (Å²) in [7, 11) is 1.77. The molecule has 1 N–H and O–H groups in total. The molecule has 0 spiro atoms. The third-order valence-electron chi connectivity index (χ3n) is 3.33. The molecule has 21 heavy (non-hydrogen) atoms. The van der Waals surface area contributed by atoms with Crippen LogP contribution < -0.4 is 10.1 Å². The molecule has 5 nitrogen and oxygen atoms in total. The van der Waals surface area contributed by atoms with Crippen molar-refractivity contribution in [1.82, 2.24) is 5.32 Å². The highest BCUT2D eigenvalue weighted by Gasteiger charge is 2.22. The Labute approximate surface area is 127 Å². The summed E-state index contributed by atoms with van der Waals surface area (Å²) in [6.07, 6.45) is 0.514. The molecule has 1 atom stereocenters. The molecule has 6 heteroatoms. The molecule has 0 saturated heterocycles. The minimum atomic E-state index is -3.15. The number of sulfone groups is 1. The zero-order valence-electron chi connectivity index (χ0n) is 13.2. The van der Waals surface area contributed by atoms with Crippen molar-refractivity contribution in [2.75, 3.05) is 39.4 Å². The summed E-state index contributed by atoms with van der Waals surface area (Å²) in [6.45, 7) is 2.43. The van der Waals surface area contributed by atoms with Crippen LogP contribution in [0.5, 0.6) is 5.75 Å². The van der Waals surface area contributed by atoms with Gasteiger partial charge in [-0.25, -0.2) is 8.42 Å². The average Bonchev–Trinajstić information content (AvgIpc) is 2.45. The zero-order valence-corrected chi connectivity index (χ0v) is 14.0. The second-order valence-corrected chi connectivity index (χ2v) is 7.28. The highest BCUT2D eigenvalue weighted by Crippen LogP contribution is 2.27. The lowest BCUT2D eigenvalue weighted by atomic mass is 10.0. The molecule has 0 heterocycles. The van der Waals surface area contributed by atoms with E-state index in [0.29, 0.717) is 18.8 Å². The first-order valence-electron chi connectivity index (χ1n) is 6.94. The van der Waals surface area contributed by atoms with Crippen LogP contribution >= 0.6 is 0 Å². The van der Waals surface area contributed by atoms with Crippen LogP contribution in [0.15, 0.2) is 18.2 Å². The molecule has 0 aliphatic carbocycles. The molecule has 0 aliphatic rings. The third-order valence-corrected chi connectivity index (χ3v) is 5.09. The van der Waals surface area contributed by atoms with Gasteiger partial charge in [-0.1, -0.05) is 17.7 Å². The quantitative estimate of drug-likeness (QED) is 0.703. The van der Waals surface area contributed by atoms with Crippen molar-refractivity contribution < 1.29 is 17.9 Å². The predicted molar refractivity (Wildman–Crippen MR) is 84.7 cm³/mol. The molecule has 0 aliphatic heterocycles. The second-order valence-electron chi connectivity index (χ2n) is 5.05. The fourth-order valence-corrected chi connectivity index (χ4v) is 3.79. The van der Waals surface area contributed by atoms with Crippen LogP contribution in [0.1, 0.15) is 23.6 Å². The molecule has 0 bridgehead atoms. The Morgan fingerprint density at radius 1 is 1.29 bits per heavy atom. The van der Waals surface area contributed by atoms with E-state index in [2.05, 4.69) is 5.32 Å². The highest BCUT2D eigenvalue weighted by molar-refractivity contribution is 7.91. The topological polar surface area (TPSA) is 64.6 Å². The molecule has 0 fully saturated rings. The number of aryl methyl sites for hydroxylation is 1. The molecule has 1 rings (SSSR count). The molecular weight excluding hydrogens is 290 g/mol. The standard InChI is InChI=1S/C15H25NO4S/c1-12-6-7-15(20-4)13(10-12)14(16-2)11-21(17,18)9-5-8-19-3/h6-7,10,14,16H,5,8-9,11H2,1-4H3. The van der Waals surface area contributed by atoms with Crippen LogP contribution in [0.2, 0.25) is 0 Å². The zero-order chi connectivity index (χ0) is 15.9. The maximum absolute atomic E-state index is 12.2. The van der Waals surface area contributed by atoms with Gasteiger partial charge in [-0.3, -0.25) is 0 Å². The van der Waals surface area contributed by atoms with E-state index >= 15 is 0 Å². The SMILES string of the molecule is CNC(CS(=O)(=O)CCCOC)c1cc(C)ccc1OC. The van der Waals surface area contributed by atoms with Crippen LogP contribution in [-0.4, -0.2) is 47.8 Å². The van der Waals surface area contributed by atoms with Gasteiger partial charge in [-0.15, -0.1) is 0 Å². The van der Waals surface area contributed by atoms with E-state index < -0.39 is 9.84 Å². The van der Waals surface area contributed by atoms with Gasteiger partial charge in [0.1, 0.15) is 5.75 Å². The van der Waals surface area contributed by atoms with Gasteiger partial charge in [-0.05, 0) is 26.5 Å². The lowest BCUT2D eigenvalue weighted by molar-refractivity contribution is 0.199. The summed E-state index contributed by atoms with van der Waals surface area (Å²) < 4.78 is 34.6. The number of methoxy groups -OCH3 is 2. The predicted octanol–water partition coefficient (Wildman–Crippen LogP) is 1.72. The van der Waals surface area contributed by atoms with Crippen molar-refractivity contribution in [3.63, 3.8) is 0 Å². The fraction of sp³-hybridized carbons (Fsp3) is 0.600. The van der Waals surface area contributed by atoms with E-state index in [1.807, 2.05) is 25.1 Å². The van der Waals surface area contributed by atoms with E-state index in [-0.39, 0.29) is 17.5 Å². The first kappa shape index (κ1) is 17.9. The number of nitrogens with one attached hydrogen (secondary N) is 1. The van der Waals surface area contributed by atoms with Gasteiger partial charge < -0.3 is 14.8 Å². The van der Waals surface area contributed by atoms with Crippen molar-refractivity contribution >= 4 is 9.84 Å². The van der Waals surface area contributed by atoms with Crippen molar-refractivity contribution in [2.24, 2.45) is 0 Å². The minimum absolute atomic E-state index is 0.0486. The Bertz CT molecular complexity index is 543. The van der Waals surface area contributed by atoms with Gasteiger partial charge in [0.25, 0.3) is 0 Å².